The van der Waals surface area contributed by atoms with Crippen LogP contribution in [0.25, 0.3) is 0 Å². The third-order valence-corrected chi connectivity index (χ3v) is 7.77. The number of nitrogens with one attached hydrogen (secondary N) is 1. The molecule has 1 amide bonds. The van der Waals surface area contributed by atoms with Crippen LogP contribution in [0.4, 0.5) is 4.79 Å². The van der Waals surface area contributed by atoms with Crippen LogP contribution in [0.3, 0.4) is 0 Å². The van der Waals surface area contributed by atoms with E-state index in [1.54, 1.807) is 0 Å². The smallest absolute Gasteiger partial charge is 0.457 e. The highest BCUT2D eigenvalue weighted by Gasteiger charge is 2.50. The van der Waals surface area contributed by atoms with Crippen LogP contribution in [0.2, 0.25) is 6.32 Å². The number of carbonyl (C=O) groups is 2. The fourth-order valence-corrected chi connectivity index (χ4v) is 4.48. The van der Waals surface area contributed by atoms with Crippen LogP contribution < -0.4 is 5.32 Å². The monoisotopic (exact) mass is 615 g/mol. The van der Waals surface area contributed by atoms with Gasteiger partial charge in [0.2, 0.25) is 0 Å². The highest BCUT2D eigenvalue weighted by Crippen LogP contribution is 2.38. The third kappa shape index (κ3) is 9.21. The van der Waals surface area contributed by atoms with Gasteiger partial charge in [0.1, 0.15) is 12.1 Å². The fourth-order valence-electron chi connectivity index (χ4n) is 4.10. The van der Waals surface area contributed by atoms with Gasteiger partial charge in [-0.15, -0.1) is 0 Å². The summed E-state index contributed by atoms with van der Waals surface area (Å²) in [5.41, 5.74) is -0.967. The van der Waals surface area contributed by atoms with Gasteiger partial charge in [0, 0.05) is 0 Å². The van der Waals surface area contributed by atoms with Crippen molar-refractivity contribution in [3.63, 3.8) is 0 Å². The molecule has 1 aliphatic heterocycles. The van der Waals surface area contributed by atoms with E-state index < -0.39 is 11.6 Å². The molecule has 2 rings (SSSR count). The standard InChI is InChI=1S/C27H43BINO6/c1-6-7-20-33-23(31)27(17-13-19-29,30-24(32)34-21-22-14-9-8-10-15-22)16-11-12-18-28-35-25(2,3)26(4,5)36-28/h8-10,14-15H,6-7,11-13,16-21H2,1-5H3,(H,30,32). The second-order valence-corrected chi connectivity index (χ2v) is 11.6. The molecule has 9 heteroatoms. The first-order valence-electron chi connectivity index (χ1n) is 13.1. The van der Waals surface area contributed by atoms with E-state index in [1.165, 1.54) is 0 Å². The molecule has 1 saturated heterocycles. The third-order valence-electron chi connectivity index (χ3n) is 7.01. The first kappa shape index (κ1) is 30.9. The van der Waals surface area contributed by atoms with Gasteiger partial charge < -0.3 is 24.1 Å². The maximum Gasteiger partial charge on any atom is 0.457 e. The summed E-state index contributed by atoms with van der Waals surface area (Å²) < 4.78 is 24.2. The lowest BCUT2D eigenvalue weighted by molar-refractivity contribution is -0.152. The summed E-state index contributed by atoms with van der Waals surface area (Å²) in [4.78, 5) is 26.2. The van der Waals surface area contributed by atoms with Crippen LogP contribution >= 0.6 is 22.6 Å². The number of hydrogen-bond donors (Lipinski definition) is 1. The van der Waals surface area contributed by atoms with E-state index >= 15 is 0 Å². The number of halogens is 1. The van der Waals surface area contributed by atoms with Gasteiger partial charge in [-0.25, -0.2) is 9.59 Å². The Balaban J connectivity index is 2.04. The average molecular weight is 615 g/mol. The molecule has 0 radical (unpaired) electrons. The molecule has 1 aliphatic rings. The van der Waals surface area contributed by atoms with Crippen molar-refractivity contribution in [1.29, 1.82) is 0 Å². The van der Waals surface area contributed by atoms with Crippen molar-refractivity contribution >= 4 is 41.8 Å². The zero-order valence-corrected chi connectivity index (χ0v) is 24.7. The minimum Gasteiger partial charge on any atom is -0.464 e. The molecular weight excluding hydrogens is 572 g/mol. The Hall–Kier alpha value is -1.33. The van der Waals surface area contributed by atoms with Gasteiger partial charge in [0.15, 0.2) is 0 Å². The van der Waals surface area contributed by atoms with Crippen molar-refractivity contribution in [2.75, 3.05) is 11.0 Å². The Labute approximate surface area is 231 Å². The molecule has 1 unspecified atom stereocenters. The lowest BCUT2D eigenvalue weighted by Gasteiger charge is -2.32. The van der Waals surface area contributed by atoms with Crippen LogP contribution in [0.1, 0.15) is 85.1 Å². The summed E-state index contributed by atoms with van der Waals surface area (Å²) in [6.07, 6.45) is 5.08. The number of ether oxygens (including phenoxy) is 2. The zero-order chi connectivity index (χ0) is 26.7. The van der Waals surface area contributed by atoms with E-state index in [2.05, 4.69) is 27.9 Å². The second-order valence-electron chi connectivity index (χ2n) is 10.5. The Morgan fingerprint density at radius 3 is 2.22 bits per heavy atom. The second kappa shape index (κ2) is 14.6. The fraction of sp³-hybridized carbons (Fsp3) is 0.704. The predicted octanol–water partition coefficient (Wildman–Crippen LogP) is 6.47. The van der Waals surface area contributed by atoms with E-state index in [9.17, 15) is 9.59 Å². The highest BCUT2D eigenvalue weighted by molar-refractivity contribution is 14.1. The largest absolute Gasteiger partial charge is 0.464 e. The van der Waals surface area contributed by atoms with Gasteiger partial charge in [0.05, 0.1) is 17.8 Å². The summed E-state index contributed by atoms with van der Waals surface area (Å²) >= 11 is 2.29. The van der Waals surface area contributed by atoms with Gasteiger partial charge in [-0.05, 0) is 69.7 Å². The van der Waals surface area contributed by atoms with Gasteiger partial charge in [0.25, 0.3) is 0 Å². The van der Waals surface area contributed by atoms with Crippen molar-refractivity contribution in [2.24, 2.45) is 0 Å². The van der Waals surface area contributed by atoms with Crippen LogP contribution in [-0.4, -0.2) is 47.0 Å². The summed E-state index contributed by atoms with van der Waals surface area (Å²) in [6, 6.07) is 9.49. The molecule has 0 bridgehead atoms. The number of alkyl halides is 1. The van der Waals surface area contributed by atoms with Crippen LogP contribution in [0.15, 0.2) is 30.3 Å². The van der Waals surface area contributed by atoms with E-state index in [1.807, 2.05) is 65.0 Å². The lowest BCUT2D eigenvalue weighted by Crippen LogP contribution is -2.55. The molecular formula is C27H43BINO6. The van der Waals surface area contributed by atoms with Crippen molar-refractivity contribution < 1.29 is 28.4 Å². The molecule has 1 aromatic rings. The van der Waals surface area contributed by atoms with E-state index in [0.717, 1.165) is 42.0 Å². The maximum absolute atomic E-state index is 13.3. The number of hydrogen-bond acceptors (Lipinski definition) is 6. The van der Waals surface area contributed by atoms with Crippen molar-refractivity contribution in [1.82, 2.24) is 5.32 Å². The summed E-state index contributed by atoms with van der Waals surface area (Å²) in [5, 5.41) is 2.92. The zero-order valence-electron chi connectivity index (χ0n) is 22.6. The van der Waals surface area contributed by atoms with Crippen LogP contribution in [0.5, 0.6) is 0 Å². The Kier molecular flexibility index (Phi) is 12.5. The number of alkyl carbamates (subject to hydrolysis) is 1. The Morgan fingerprint density at radius 2 is 1.61 bits per heavy atom. The molecule has 0 aliphatic carbocycles. The quantitative estimate of drug-likeness (QED) is 0.0801. The van der Waals surface area contributed by atoms with Crippen LogP contribution in [0, 0.1) is 0 Å². The van der Waals surface area contributed by atoms with Crippen molar-refractivity contribution in [3.05, 3.63) is 35.9 Å². The number of amides is 1. The topological polar surface area (TPSA) is 83.1 Å². The number of rotatable bonds is 15. The summed E-state index contributed by atoms with van der Waals surface area (Å²) in [7, 11) is -0.279. The van der Waals surface area contributed by atoms with Gasteiger partial charge >= 0.3 is 19.2 Å². The molecule has 1 fully saturated rings. The number of carbonyl (C=O) groups excluding carboxylic acids is 2. The molecule has 1 heterocycles. The van der Waals surface area contributed by atoms with E-state index in [0.29, 0.717) is 25.9 Å². The number of benzene rings is 1. The number of esters is 1. The minimum absolute atomic E-state index is 0.141. The molecule has 7 nitrogen and oxygen atoms in total. The molecule has 1 N–H and O–H groups in total. The average Bonchev–Trinajstić information content (AvgIpc) is 3.05. The molecule has 0 aromatic heterocycles. The molecule has 0 spiro atoms. The van der Waals surface area contributed by atoms with Crippen molar-refractivity contribution in [2.45, 2.75) is 109 Å². The molecule has 1 aromatic carbocycles. The molecule has 202 valence electrons. The first-order chi connectivity index (χ1) is 17.0. The first-order valence-corrected chi connectivity index (χ1v) is 14.7. The summed E-state index contributed by atoms with van der Waals surface area (Å²) in [5.74, 6) is -0.381. The van der Waals surface area contributed by atoms with Crippen LogP contribution in [-0.2, 0) is 30.2 Å². The van der Waals surface area contributed by atoms with Gasteiger partial charge in [-0.2, -0.15) is 0 Å². The molecule has 0 saturated carbocycles. The normalized spacial score (nSPS) is 17.9. The Morgan fingerprint density at radius 1 is 0.972 bits per heavy atom. The van der Waals surface area contributed by atoms with Gasteiger partial charge in [-0.3, -0.25) is 0 Å². The Bertz CT molecular complexity index is 806. The maximum atomic E-state index is 13.3. The highest BCUT2D eigenvalue weighted by atomic mass is 127. The summed E-state index contributed by atoms with van der Waals surface area (Å²) in [6.45, 7) is 10.7. The minimum atomic E-state index is -1.12. The molecule has 1 atom stereocenters. The predicted molar refractivity (Wildman–Crippen MR) is 151 cm³/mol. The van der Waals surface area contributed by atoms with Crippen molar-refractivity contribution in [3.8, 4) is 0 Å². The van der Waals surface area contributed by atoms with E-state index in [-0.39, 0.29) is 30.9 Å². The van der Waals surface area contributed by atoms with E-state index in [4.69, 9.17) is 18.8 Å². The van der Waals surface area contributed by atoms with Gasteiger partial charge in [-0.1, -0.05) is 79.1 Å². The lowest BCUT2D eigenvalue weighted by atomic mass is 9.80. The number of unbranched alkanes of at least 4 members (excludes halogenated alkanes) is 2. The SMILES string of the molecule is CCCCOC(=O)C(CCCI)(CCCCB1OC(C)(C)C(C)(C)O1)NC(=O)OCc1ccccc1. The molecule has 36 heavy (non-hydrogen) atoms.